The summed E-state index contributed by atoms with van der Waals surface area (Å²) >= 11 is 0. The van der Waals surface area contributed by atoms with Gasteiger partial charge in [0.1, 0.15) is 0 Å². The van der Waals surface area contributed by atoms with Crippen LogP contribution in [-0.4, -0.2) is 29.4 Å². The van der Waals surface area contributed by atoms with Gasteiger partial charge < -0.3 is 5.11 Å². The first-order chi connectivity index (χ1) is 9.91. The molecule has 0 aromatic heterocycles. The molecule has 0 heterocycles. The van der Waals surface area contributed by atoms with Crippen molar-refractivity contribution in [3.63, 3.8) is 0 Å². The SMILES string of the molecule is CCCCCC(CCCCCCC(O)CCC)S(=O)(=O)O. The number of hydrogen-bond acceptors (Lipinski definition) is 3. The minimum absolute atomic E-state index is 0.186. The molecule has 0 aliphatic rings. The van der Waals surface area contributed by atoms with Crippen LogP contribution in [0.15, 0.2) is 0 Å². The van der Waals surface area contributed by atoms with Crippen LogP contribution in [0.3, 0.4) is 0 Å². The van der Waals surface area contributed by atoms with Crippen LogP contribution in [-0.2, 0) is 10.1 Å². The Kier molecular flexibility index (Phi) is 12.3. The van der Waals surface area contributed by atoms with Gasteiger partial charge in [-0.15, -0.1) is 0 Å². The van der Waals surface area contributed by atoms with E-state index in [9.17, 15) is 18.1 Å². The summed E-state index contributed by atoms with van der Waals surface area (Å²) in [7, 11) is -3.90. The van der Waals surface area contributed by atoms with E-state index in [0.717, 1.165) is 64.2 Å². The first-order valence-corrected chi connectivity index (χ1v) is 10.1. The molecule has 0 aliphatic carbocycles. The lowest BCUT2D eigenvalue weighted by atomic mass is 10.0. The Hall–Kier alpha value is -0.130. The van der Waals surface area contributed by atoms with Crippen molar-refractivity contribution in [3.8, 4) is 0 Å². The molecule has 0 amide bonds. The number of aliphatic hydroxyl groups is 1. The van der Waals surface area contributed by atoms with E-state index in [-0.39, 0.29) is 6.10 Å². The Morgan fingerprint density at radius 2 is 1.29 bits per heavy atom. The highest BCUT2D eigenvalue weighted by atomic mass is 32.2. The molecule has 0 spiro atoms. The van der Waals surface area contributed by atoms with Gasteiger partial charge in [0.25, 0.3) is 10.1 Å². The molecule has 128 valence electrons. The van der Waals surface area contributed by atoms with E-state index in [0.29, 0.717) is 12.8 Å². The molecule has 4 nitrogen and oxygen atoms in total. The minimum Gasteiger partial charge on any atom is -0.393 e. The lowest BCUT2D eigenvalue weighted by molar-refractivity contribution is 0.150. The van der Waals surface area contributed by atoms with Crippen LogP contribution in [0.1, 0.15) is 90.9 Å². The summed E-state index contributed by atoms with van der Waals surface area (Å²) in [5.41, 5.74) is 0. The zero-order chi connectivity index (χ0) is 16.1. The van der Waals surface area contributed by atoms with E-state index in [2.05, 4.69) is 13.8 Å². The highest BCUT2D eigenvalue weighted by Gasteiger charge is 2.21. The summed E-state index contributed by atoms with van der Waals surface area (Å²) in [6.07, 6.45) is 10.4. The average Bonchev–Trinajstić information content (AvgIpc) is 2.39. The molecule has 21 heavy (non-hydrogen) atoms. The molecular formula is C16H34O4S. The number of hydrogen-bond donors (Lipinski definition) is 2. The Bertz CT molecular complexity index is 327. The van der Waals surface area contributed by atoms with Gasteiger partial charge in [-0.2, -0.15) is 8.42 Å². The molecule has 0 aromatic rings. The molecule has 0 rings (SSSR count). The second-order valence-electron chi connectivity index (χ2n) is 6.07. The summed E-state index contributed by atoms with van der Waals surface area (Å²) in [5, 5.41) is 9.02. The molecule has 2 N–H and O–H groups in total. The van der Waals surface area contributed by atoms with Gasteiger partial charge in [0.15, 0.2) is 0 Å². The molecule has 0 saturated heterocycles. The zero-order valence-corrected chi connectivity index (χ0v) is 14.6. The fourth-order valence-corrected chi connectivity index (χ4v) is 3.58. The third kappa shape index (κ3) is 12.1. The van der Waals surface area contributed by atoms with E-state index in [4.69, 9.17) is 0 Å². The molecule has 2 unspecified atom stereocenters. The van der Waals surface area contributed by atoms with Crippen LogP contribution >= 0.6 is 0 Å². The third-order valence-electron chi connectivity index (χ3n) is 3.99. The van der Waals surface area contributed by atoms with E-state index < -0.39 is 15.4 Å². The molecule has 0 radical (unpaired) electrons. The fraction of sp³-hybridized carbons (Fsp3) is 1.00. The lowest BCUT2D eigenvalue weighted by Gasteiger charge is -2.13. The second kappa shape index (κ2) is 12.4. The van der Waals surface area contributed by atoms with E-state index in [1.54, 1.807) is 0 Å². The van der Waals surface area contributed by atoms with Crippen molar-refractivity contribution in [1.82, 2.24) is 0 Å². The smallest absolute Gasteiger partial charge is 0.267 e. The number of unbranched alkanes of at least 4 members (excludes halogenated alkanes) is 5. The fourth-order valence-electron chi connectivity index (χ4n) is 2.65. The van der Waals surface area contributed by atoms with Gasteiger partial charge in [-0.25, -0.2) is 0 Å². The first kappa shape index (κ1) is 20.9. The summed E-state index contributed by atoms with van der Waals surface area (Å²) in [6, 6.07) is 0. The zero-order valence-electron chi connectivity index (χ0n) is 13.8. The summed E-state index contributed by atoms with van der Waals surface area (Å²) in [5.74, 6) is 0. The Morgan fingerprint density at radius 3 is 1.76 bits per heavy atom. The Morgan fingerprint density at radius 1 is 0.762 bits per heavy atom. The molecule has 0 aliphatic heterocycles. The predicted octanol–water partition coefficient (Wildman–Crippen LogP) is 4.32. The standard InChI is InChI=1S/C16H34O4S/c1-3-5-8-13-16(21(18,19)20)14-10-7-6-9-12-15(17)11-4-2/h15-17H,3-14H2,1-2H3,(H,18,19,20). The minimum atomic E-state index is -3.90. The van der Waals surface area contributed by atoms with Crippen LogP contribution < -0.4 is 0 Å². The largest absolute Gasteiger partial charge is 0.393 e. The second-order valence-corrected chi connectivity index (χ2v) is 7.76. The van der Waals surface area contributed by atoms with Crippen LogP contribution in [0.4, 0.5) is 0 Å². The van der Waals surface area contributed by atoms with Crippen molar-refractivity contribution in [2.45, 2.75) is 102 Å². The maximum atomic E-state index is 11.3. The molecule has 0 saturated carbocycles. The third-order valence-corrected chi connectivity index (χ3v) is 5.30. The van der Waals surface area contributed by atoms with Gasteiger partial charge in [-0.1, -0.05) is 65.2 Å². The highest BCUT2D eigenvalue weighted by molar-refractivity contribution is 7.86. The summed E-state index contributed by atoms with van der Waals surface area (Å²) in [6.45, 7) is 4.15. The molecule has 2 atom stereocenters. The summed E-state index contributed by atoms with van der Waals surface area (Å²) < 4.78 is 31.9. The van der Waals surface area contributed by atoms with Gasteiger partial charge >= 0.3 is 0 Å². The van der Waals surface area contributed by atoms with Crippen LogP contribution in [0.25, 0.3) is 0 Å². The predicted molar refractivity (Wildman–Crippen MR) is 88.1 cm³/mol. The van der Waals surface area contributed by atoms with Gasteiger partial charge in [-0.05, 0) is 25.7 Å². The van der Waals surface area contributed by atoms with Crippen molar-refractivity contribution in [2.24, 2.45) is 0 Å². The molecule has 0 bridgehead atoms. The lowest BCUT2D eigenvalue weighted by Crippen LogP contribution is -2.20. The van der Waals surface area contributed by atoms with Crippen LogP contribution in [0.5, 0.6) is 0 Å². The van der Waals surface area contributed by atoms with Crippen LogP contribution in [0.2, 0.25) is 0 Å². The van der Waals surface area contributed by atoms with Crippen molar-refractivity contribution in [3.05, 3.63) is 0 Å². The maximum Gasteiger partial charge on any atom is 0.267 e. The van der Waals surface area contributed by atoms with Crippen molar-refractivity contribution in [1.29, 1.82) is 0 Å². The van der Waals surface area contributed by atoms with Gasteiger partial charge in [0, 0.05) is 0 Å². The van der Waals surface area contributed by atoms with E-state index >= 15 is 0 Å². The topological polar surface area (TPSA) is 74.6 Å². The van der Waals surface area contributed by atoms with Crippen molar-refractivity contribution >= 4 is 10.1 Å². The van der Waals surface area contributed by atoms with Crippen LogP contribution in [0, 0.1) is 0 Å². The average molecular weight is 323 g/mol. The van der Waals surface area contributed by atoms with Gasteiger partial charge in [0.2, 0.25) is 0 Å². The Labute approximate surface area is 131 Å². The van der Waals surface area contributed by atoms with Crippen molar-refractivity contribution in [2.75, 3.05) is 0 Å². The summed E-state index contributed by atoms with van der Waals surface area (Å²) in [4.78, 5) is 0. The monoisotopic (exact) mass is 322 g/mol. The molecule has 0 aromatic carbocycles. The normalized spacial score (nSPS) is 15.0. The molecule has 0 fully saturated rings. The molecular weight excluding hydrogens is 288 g/mol. The first-order valence-electron chi connectivity index (χ1n) is 8.56. The van der Waals surface area contributed by atoms with Gasteiger partial charge in [-0.3, -0.25) is 4.55 Å². The number of rotatable bonds is 14. The highest BCUT2D eigenvalue weighted by Crippen LogP contribution is 2.18. The van der Waals surface area contributed by atoms with Gasteiger partial charge in [0.05, 0.1) is 11.4 Å². The van der Waals surface area contributed by atoms with E-state index in [1.807, 2.05) is 0 Å². The quantitative estimate of drug-likeness (QED) is 0.369. The Balaban J connectivity index is 3.78. The molecule has 5 heteroatoms. The maximum absolute atomic E-state index is 11.3. The van der Waals surface area contributed by atoms with Crippen molar-refractivity contribution < 1.29 is 18.1 Å². The van der Waals surface area contributed by atoms with E-state index in [1.165, 1.54) is 0 Å². The number of aliphatic hydroxyl groups excluding tert-OH is 1.